The maximum Gasteiger partial charge on any atom is 0.416 e. The van der Waals surface area contributed by atoms with E-state index in [-0.39, 0.29) is 5.38 Å². The summed E-state index contributed by atoms with van der Waals surface area (Å²) in [5, 5.41) is -0.0488. The van der Waals surface area contributed by atoms with Gasteiger partial charge in [-0.3, -0.25) is 0 Å². The fraction of sp³-hybridized carbons (Fsp3) is 0.455. The number of hydrogen-bond donors (Lipinski definition) is 0. The number of hydrogen-bond acceptors (Lipinski definition) is 1. The number of anilines is 1. The quantitative estimate of drug-likeness (QED) is 0.739. The van der Waals surface area contributed by atoms with Crippen molar-refractivity contribution in [2.24, 2.45) is 0 Å². The lowest BCUT2D eigenvalue weighted by Gasteiger charge is -2.21. The van der Waals surface area contributed by atoms with Gasteiger partial charge in [0, 0.05) is 24.7 Å². The standard InChI is InChI=1S/C11H13ClF3N/c1-8(12)7-16(2)10-5-3-9(4-6-10)11(13,14)15/h3-6,8H,7H2,1-2H3. The third-order valence-corrected chi connectivity index (χ3v) is 2.30. The van der Waals surface area contributed by atoms with E-state index in [2.05, 4.69) is 0 Å². The lowest BCUT2D eigenvalue weighted by Crippen LogP contribution is -2.24. The van der Waals surface area contributed by atoms with Crippen LogP contribution in [0.5, 0.6) is 0 Å². The average Bonchev–Trinajstić information content (AvgIpc) is 2.15. The third kappa shape index (κ3) is 3.59. The number of alkyl halides is 4. The Morgan fingerprint density at radius 3 is 2.12 bits per heavy atom. The molecule has 0 amide bonds. The largest absolute Gasteiger partial charge is 0.416 e. The second-order valence-electron chi connectivity index (χ2n) is 3.71. The molecular weight excluding hydrogens is 239 g/mol. The van der Waals surface area contributed by atoms with Crippen LogP contribution >= 0.6 is 11.6 Å². The first kappa shape index (κ1) is 13.2. The van der Waals surface area contributed by atoms with Crippen LogP contribution in [0.1, 0.15) is 12.5 Å². The molecule has 1 atom stereocenters. The summed E-state index contributed by atoms with van der Waals surface area (Å²) < 4.78 is 36.9. The fourth-order valence-corrected chi connectivity index (χ4v) is 1.59. The summed E-state index contributed by atoms with van der Waals surface area (Å²) in [5.74, 6) is 0. The molecule has 0 N–H and O–H groups in total. The first-order valence-electron chi connectivity index (χ1n) is 4.83. The van der Waals surface area contributed by atoms with Crippen molar-refractivity contribution in [1.29, 1.82) is 0 Å². The molecule has 1 aromatic carbocycles. The summed E-state index contributed by atoms with van der Waals surface area (Å²) in [6.07, 6.45) is -4.28. The van der Waals surface area contributed by atoms with E-state index in [0.717, 1.165) is 17.8 Å². The molecule has 0 aliphatic rings. The Balaban J connectivity index is 2.79. The zero-order chi connectivity index (χ0) is 12.3. The molecule has 0 bridgehead atoms. The van der Waals surface area contributed by atoms with Crippen molar-refractivity contribution < 1.29 is 13.2 Å². The summed E-state index contributed by atoms with van der Waals surface area (Å²) in [5.41, 5.74) is 0.0871. The first-order chi connectivity index (χ1) is 7.30. The Labute approximate surface area is 97.8 Å². The van der Waals surface area contributed by atoms with Crippen LogP contribution in [0.3, 0.4) is 0 Å². The Morgan fingerprint density at radius 1 is 1.25 bits per heavy atom. The summed E-state index contributed by atoms with van der Waals surface area (Å²) in [4.78, 5) is 1.82. The molecule has 90 valence electrons. The molecule has 0 saturated heterocycles. The van der Waals surface area contributed by atoms with Gasteiger partial charge >= 0.3 is 6.18 Å². The van der Waals surface area contributed by atoms with Crippen LogP contribution in [0, 0.1) is 0 Å². The van der Waals surface area contributed by atoms with Gasteiger partial charge in [-0.05, 0) is 31.2 Å². The van der Waals surface area contributed by atoms with Gasteiger partial charge in [-0.15, -0.1) is 11.6 Å². The highest BCUT2D eigenvalue weighted by molar-refractivity contribution is 6.20. The van der Waals surface area contributed by atoms with Gasteiger partial charge < -0.3 is 4.90 Å². The summed E-state index contributed by atoms with van der Waals surface area (Å²) in [7, 11) is 1.79. The van der Waals surface area contributed by atoms with Crippen molar-refractivity contribution in [2.75, 3.05) is 18.5 Å². The van der Waals surface area contributed by atoms with E-state index in [1.165, 1.54) is 12.1 Å². The predicted molar refractivity (Wildman–Crippen MR) is 60.0 cm³/mol. The van der Waals surface area contributed by atoms with Crippen molar-refractivity contribution in [2.45, 2.75) is 18.5 Å². The molecule has 0 saturated carbocycles. The lowest BCUT2D eigenvalue weighted by molar-refractivity contribution is -0.137. The summed E-state index contributed by atoms with van der Waals surface area (Å²) in [6.45, 7) is 2.43. The zero-order valence-electron chi connectivity index (χ0n) is 9.05. The van der Waals surface area contributed by atoms with Crippen LogP contribution in [-0.4, -0.2) is 19.0 Å². The topological polar surface area (TPSA) is 3.24 Å². The van der Waals surface area contributed by atoms with Crippen LogP contribution < -0.4 is 4.90 Å². The maximum absolute atomic E-state index is 12.3. The Hall–Kier alpha value is -0.900. The van der Waals surface area contributed by atoms with E-state index in [4.69, 9.17) is 11.6 Å². The van der Waals surface area contributed by atoms with E-state index in [1.807, 2.05) is 11.8 Å². The van der Waals surface area contributed by atoms with Gasteiger partial charge in [-0.2, -0.15) is 13.2 Å². The molecule has 0 fully saturated rings. The van der Waals surface area contributed by atoms with Gasteiger partial charge in [0.05, 0.1) is 5.56 Å². The molecule has 0 aromatic heterocycles. The predicted octanol–water partition coefficient (Wildman–Crippen LogP) is 3.77. The molecule has 0 heterocycles. The summed E-state index contributed by atoms with van der Waals surface area (Å²) in [6, 6.07) is 5.04. The monoisotopic (exact) mass is 251 g/mol. The number of halogens is 4. The van der Waals surface area contributed by atoms with Gasteiger partial charge in [0.15, 0.2) is 0 Å². The van der Waals surface area contributed by atoms with E-state index in [1.54, 1.807) is 7.05 Å². The van der Waals surface area contributed by atoms with Crippen LogP contribution in [0.25, 0.3) is 0 Å². The Kier molecular flexibility index (Phi) is 4.08. The number of benzene rings is 1. The lowest BCUT2D eigenvalue weighted by atomic mass is 10.2. The van der Waals surface area contributed by atoms with Crippen LogP contribution in [-0.2, 0) is 6.18 Å². The molecule has 1 unspecified atom stereocenters. The van der Waals surface area contributed by atoms with Gasteiger partial charge in [-0.25, -0.2) is 0 Å². The van der Waals surface area contributed by atoms with Crippen LogP contribution in [0.4, 0.5) is 18.9 Å². The minimum Gasteiger partial charge on any atom is -0.373 e. The van der Waals surface area contributed by atoms with Crippen molar-refractivity contribution in [3.8, 4) is 0 Å². The van der Waals surface area contributed by atoms with Crippen molar-refractivity contribution in [3.05, 3.63) is 29.8 Å². The fourth-order valence-electron chi connectivity index (χ4n) is 1.39. The van der Waals surface area contributed by atoms with Crippen LogP contribution in [0.15, 0.2) is 24.3 Å². The highest BCUT2D eigenvalue weighted by Crippen LogP contribution is 2.30. The second-order valence-corrected chi connectivity index (χ2v) is 4.45. The molecule has 1 rings (SSSR count). The molecule has 1 nitrogen and oxygen atoms in total. The molecule has 0 radical (unpaired) electrons. The summed E-state index contributed by atoms with van der Waals surface area (Å²) >= 11 is 5.80. The molecule has 0 aliphatic heterocycles. The van der Waals surface area contributed by atoms with Gasteiger partial charge in [0.2, 0.25) is 0 Å². The maximum atomic E-state index is 12.3. The van der Waals surface area contributed by atoms with Crippen LogP contribution in [0.2, 0.25) is 0 Å². The third-order valence-electron chi connectivity index (χ3n) is 2.16. The average molecular weight is 252 g/mol. The normalized spacial score (nSPS) is 13.6. The minimum atomic E-state index is -4.28. The van der Waals surface area contributed by atoms with E-state index < -0.39 is 11.7 Å². The highest BCUT2D eigenvalue weighted by atomic mass is 35.5. The van der Waals surface area contributed by atoms with E-state index in [0.29, 0.717) is 6.54 Å². The number of nitrogens with zero attached hydrogens (tertiary/aromatic N) is 1. The zero-order valence-corrected chi connectivity index (χ0v) is 9.81. The second kappa shape index (κ2) is 4.95. The van der Waals surface area contributed by atoms with Crippen molar-refractivity contribution in [1.82, 2.24) is 0 Å². The molecule has 0 aliphatic carbocycles. The van der Waals surface area contributed by atoms with Crippen molar-refractivity contribution in [3.63, 3.8) is 0 Å². The molecule has 5 heteroatoms. The van der Waals surface area contributed by atoms with Crippen molar-refractivity contribution >= 4 is 17.3 Å². The molecule has 16 heavy (non-hydrogen) atoms. The van der Waals surface area contributed by atoms with Gasteiger partial charge in [-0.1, -0.05) is 0 Å². The van der Waals surface area contributed by atoms with Gasteiger partial charge in [0.25, 0.3) is 0 Å². The van der Waals surface area contributed by atoms with E-state index >= 15 is 0 Å². The Bertz CT molecular complexity index is 332. The van der Waals surface area contributed by atoms with E-state index in [9.17, 15) is 13.2 Å². The first-order valence-corrected chi connectivity index (χ1v) is 5.27. The molecular formula is C11H13ClF3N. The molecule has 0 spiro atoms. The minimum absolute atomic E-state index is 0.0488. The number of rotatable bonds is 3. The Morgan fingerprint density at radius 2 is 1.75 bits per heavy atom. The molecule has 1 aromatic rings. The van der Waals surface area contributed by atoms with Gasteiger partial charge in [0.1, 0.15) is 0 Å². The highest BCUT2D eigenvalue weighted by Gasteiger charge is 2.30. The SMILES string of the molecule is CC(Cl)CN(C)c1ccc(C(F)(F)F)cc1. The smallest absolute Gasteiger partial charge is 0.373 e.